The van der Waals surface area contributed by atoms with Crippen LogP contribution in [0.3, 0.4) is 0 Å². The third kappa shape index (κ3) is 4.00. The Morgan fingerprint density at radius 3 is 2.09 bits per heavy atom. The summed E-state index contributed by atoms with van der Waals surface area (Å²) in [4.78, 5) is 0. The first-order chi connectivity index (χ1) is 11.1. The van der Waals surface area contributed by atoms with Gasteiger partial charge in [-0.05, 0) is 35.7 Å². The first-order valence-electron chi connectivity index (χ1n) is 6.99. The average Bonchev–Trinajstić information content (AvgIpc) is 2.55. The van der Waals surface area contributed by atoms with E-state index in [1.165, 1.54) is 19.2 Å². The lowest BCUT2D eigenvalue weighted by molar-refractivity contribution is 0.324. The van der Waals surface area contributed by atoms with Gasteiger partial charge in [-0.2, -0.15) is 0 Å². The summed E-state index contributed by atoms with van der Waals surface area (Å²) in [6.07, 6.45) is 3.95. The van der Waals surface area contributed by atoms with Crippen LogP contribution in [0.15, 0.2) is 36.4 Å². The lowest BCUT2D eigenvalue weighted by Gasteiger charge is -2.12. The van der Waals surface area contributed by atoms with Crippen molar-refractivity contribution in [3.05, 3.63) is 59.2 Å². The minimum Gasteiger partial charge on any atom is -0.493 e. The first kappa shape index (κ1) is 16.8. The highest BCUT2D eigenvalue weighted by atomic mass is 19.1. The summed E-state index contributed by atoms with van der Waals surface area (Å²) in [5.74, 6) is 0.454. The Balaban J connectivity index is 2.22. The SMILES string of the molecule is COc1cc(/C=C/Cc2ccc(F)cc2F)cc(OC)c1OC. The van der Waals surface area contributed by atoms with Crippen molar-refractivity contribution < 1.29 is 23.0 Å². The molecule has 2 aromatic rings. The summed E-state index contributed by atoms with van der Waals surface area (Å²) in [5.41, 5.74) is 1.25. The van der Waals surface area contributed by atoms with E-state index in [2.05, 4.69) is 0 Å². The fourth-order valence-corrected chi connectivity index (χ4v) is 2.21. The van der Waals surface area contributed by atoms with Crippen LogP contribution in [0.5, 0.6) is 17.2 Å². The van der Waals surface area contributed by atoms with Gasteiger partial charge in [0.2, 0.25) is 5.75 Å². The summed E-state index contributed by atoms with van der Waals surface area (Å²) < 4.78 is 42.3. The van der Waals surface area contributed by atoms with E-state index in [1.807, 2.05) is 6.08 Å². The highest BCUT2D eigenvalue weighted by Crippen LogP contribution is 2.38. The lowest BCUT2D eigenvalue weighted by atomic mass is 10.1. The molecule has 0 N–H and O–H groups in total. The Morgan fingerprint density at radius 1 is 0.913 bits per heavy atom. The predicted molar refractivity (Wildman–Crippen MR) is 85.2 cm³/mol. The third-order valence-electron chi connectivity index (χ3n) is 3.35. The number of halogens is 2. The number of benzene rings is 2. The van der Waals surface area contributed by atoms with Gasteiger partial charge in [-0.1, -0.05) is 18.2 Å². The molecular weight excluding hydrogens is 302 g/mol. The number of allylic oxidation sites excluding steroid dienone is 1. The molecule has 0 bridgehead atoms. The van der Waals surface area contributed by atoms with E-state index >= 15 is 0 Å². The van der Waals surface area contributed by atoms with Crippen molar-refractivity contribution in [2.24, 2.45) is 0 Å². The second kappa shape index (κ2) is 7.63. The fraction of sp³-hybridized carbons (Fsp3) is 0.222. The molecule has 0 radical (unpaired) electrons. The minimum absolute atomic E-state index is 0.350. The van der Waals surface area contributed by atoms with E-state index in [0.29, 0.717) is 29.2 Å². The fourth-order valence-electron chi connectivity index (χ4n) is 2.21. The van der Waals surface area contributed by atoms with Gasteiger partial charge >= 0.3 is 0 Å². The molecule has 0 saturated carbocycles. The Kier molecular flexibility index (Phi) is 5.57. The van der Waals surface area contributed by atoms with E-state index in [-0.39, 0.29) is 0 Å². The van der Waals surface area contributed by atoms with Gasteiger partial charge in [-0.25, -0.2) is 8.78 Å². The van der Waals surface area contributed by atoms with Gasteiger partial charge in [0.05, 0.1) is 21.3 Å². The Morgan fingerprint density at radius 2 is 1.57 bits per heavy atom. The largest absolute Gasteiger partial charge is 0.493 e. The van der Waals surface area contributed by atoms with Crippen LogP contribution in [-0.2, 0) is 6.42 Å². The maximum absolute atomic E-state index is 13.6. The molecule has 2 aromatic carbocycles. The van der Waals surface area contributed by atoms with Crippen molar-refractivity contribution in [3.8, 4) is 17.2 Å². The molecule has 0 aliphatic carbocycles. The van der Waals surface area contributed by atoms with E-state index in [0.717, 1.165) is 11.6 Å². The van der Waals surface area contributed by atoms with Crippen LogP contribution < -0.4 is 14.2 Å². The van der Waals surface area contributed by atoms with Crippen molar-refractivity contribution in [2.75, 3.05) is 21.3 Å². The average molecular weight is 320 g/mol. The maximum atomic E-state index is 13.6. The molecule has 0 amide bonds. The van der Waals surface area contributed by atoms with Crippen LogP contribution in [0.25, 0.3) is 6.08 Å². The van der Waals surface area contributed by atoms with Gasteiger partial charge < -0.3 is 14.2 Å². The smallest absolute Gasteiger partial charge is 0.203 e. The number of hydrogen-bond acceptors (Lipinski definition) is 3. The molecule has 0 heterocycles. The highest BCUT2D eigenvalue weighted by Gasteiger charge is 2.12. The first-order valence-corrected chi connectivity index (χ1v) is 6.99. The molecule has 2 rings (SSSR count). The summed E-state index contributed by atoms with van der Waals surface area (Å²) in [6, 6.07) is 7.14. The lowest BCUT2D eigenvalue weighted by Crippen LogP contribution is -1.95. The van der Waals surface area contributed by atoms with Gasteiger partial charge in [0.25, 0.3) is 0 Å². The minimum atomic E-state index is -0.583. The van der Waals surface area contributed by atoms with Gasteiger partial charge in [-0.3, -0.25) is 0 Å². The van der Waals surface area contributed by atoms with Crippen LogP contribution in [-0.4, -0.2) is 21.3 Å². The number of ether oxygens (including phenoxy) is 3. The predicted octanol–water partition coefficient (Wildman–Crippen LogP) is 4.25. The second-order valence-corrected chi connectivity index (χ2v) is 4.80. The van der Waals surface area contributed by atoms with Crippen molar-refractivity contribution in [2.45, 2.75) is 6.42 Å². The Hall–Kier alpha value is -2.56. The number of methoxy groups -OCH3 is 3. The van der Waals surface area contributed by atoms with Gasteiger partial charge in [0.15, 0.2) is 11.5 Å². The summed E-state index contributed by atoms with van der Waals surface area (Å²) in [6.45, 7) is 0. The number of hydrogen-bond donors (Lipinski definition) is 0. The van der Waals surface area contributed by atoms with Crippen LogP contribution in [0.4, 0.5) is 8.78 Å². The van der Waals surface area contributed by atoms with Crippen molar-refractivity contribution in [1.29, 1.82) is 0 Å². The Labute approximate surface area is 134 Å². The van der Waals surface area contributed by atoms with Crippen molar-refractivity contribution in [3.63, 3.8) is 0 Å². The van der Waals surface area contributed by atoms with Gasteiger partial charge in [-0.15, -0.1) is 0 Å². The van der Waals surface area contributed by atoms with Gasteiger partial charge in [0.1, 0.15) is 11.6 Å². The zero-order valence-corrected chi connectivity index (χ0v) is 13.2. The van der Waals surface area contributed by atoms with E-state index in [4.69, 9.17) is 14.2 Å². The molecule has 0 saturated heterocycles. The maximum Gasteiger partial charge on any atom is 0.203 e. The molecule has 0 aliphatic heterocycles. The van der Waals surface area contributed by atoms with E-state index in [9.17, 15) is 8.78 Å². The molecule has 0 fully saturated rings. The second-order valence-electron chi connectivity index (χ2n) is 4.80. The monoisotopic (exact) mass is 320 g/mol. The molecule has 0 unspecified atom stereocenters. The zero-order chi connectivity index (χ0) is 16.8. The van der Waals surface area contributed by atoms with E-state index < -0.39 is 11.6 Å². The standard InChI is InChI=1S/C18H18F2O3/c1-21-16-9-12(10-17(22-2)18(16)23-3)5-4-6-13-7-8-14(19)11-15(13)20/h4-5,7-11H,6H2,1-3H3/b5-4+. The molecule has 3 nitrogen and oxygen atoms in total. The van der Waals surface area contributed by atoms with Gasteiger partial charge in [0, 0.05) is 6.07 Å². The molecule has 0 atom stereocenters. The highest BCUT2D eigenvalue weighted by molar-refractivity contribution is 5.62. The normalized spacial score (nSPS) is 10.8. The quantitative estimate of drug-likeness (QED) is 0.796. The van der Waals surface area contributed by atoms with Crippen LogP contribution in [0.2, 0.25) is 0 Å². The number of rotatable bonds is 6. The topological polar surface area (TPSA) is 27.7 Å². The molecule has 0 aromatic heterocycles. The van der Waals surface area contributed by atoms with Crippen LogP contribution in [0, 0.1) is 11.6 Å². The molecule has 0 aliphatic rings. The van der Waals surface area contributed by atoms with E-state index in [1.54, 1.807) is 32.4 Å². The van der Waals surface area contributed by atoms with Crippen molar-refractivity contribution >= 4 is 6.08 Å². The zero-order valence-electron chi connectivity index (χ0n) is 13.2. The molecule has 122 valence electrons. The van der Waals surface area contributed by atoms with Crippen LogP contribution >= 0.6 is 0 Å². The molecule has 0 spiro atoms. The summed E-state index contributed by atoms with van der Waals surface area (Å²) in [7, 11) is 4.62. The molecular formula is C18H18F2O3. The molecule has 5 heteroatoms. The van der Waals surface area contributed by atoms with Crippen molar-refractivity contribution in [1.82, 2.24) is 0 Å². The molecule has 23 heavy (non-hydrogen) atoms. The van der Waals surface area contributed by atoms with Crippen LogP contribution in [0.1, 0.15) is 11.1 Å². The summed E-state index contributed by atoms with van der Waals surface area (Å²) >= 11 is 0. The Bertz CT molecular complexity index is 686. The summed E-state index contributed by atoms with van der Waals surface area (Å²) in [5, 5.41) is 0. The third-order valence-corrected chi connectivity index (χ3v) is 3.35.